The maximum absolute atomic E-state index is 12.3. The maximum Gasteiger partial charge on any atom is 0.323 e. The minimum Gasteiger partial charge on any atom is -0.350 e. The topological polar surface area (TPSA) is 345 Å². The molecule has 11 amide bonds. The zero-order valence-electron chi connectivity index (χ0n) is 76.5. The fraction of sp³-hybridized carbons (Fsp3) is 0.163. The van der Waals surface area contributed by atoms with Crippen LogP contribution in [-0.4, -0.2) is 90.4 Å². The summed E-state index contributed by atoms with van der Waals surface area (Å²) < 4.78 is 0. The molecule has 0 unspecified atom stereocenters. The van der Waals surface area contributed by atoms with E-state index in [1.165, 1.54) is 0 Å². The summed E-state index contributed by atoms with van der Waals surface area (Å²) in [5.41, 5.74) is 19.4. The van der Waals surface area contributed by atoms with E-state index in [0.29, 0.717) is 104 Å². The predicted octanol–water partition coefficient (Wildman–Crippen LogP) is 27.9. The Bertz CT molecular complexity index is 6540. The zero-order chi connectivity index (χ0) is 98.5. The third-order valence-electron chi connectivity index (χ3n) is 20.4. The van der Waals surface area contributed by atoms with Gasteiger partial charge in [0.05, 0.1) is 20.1 Å². The first kappa shape index (κ1) is 103. The van der Waals surface area contributed by atoms with Gasteiger partial charge in [0.1, 0.15) is 29.2 Å². The second-order valence-electron chi connectivity index (χ2n) is 32.5. The summed E-state index contributed by atoms with van der Waals surface area (Å²) in [7, 11) is 1.76. The minimum atomic E-state index is -0.409. The van der Waals surface area contributed by atoms with E-state index in [4.69, 9.17) is 92.8 Å². The van der Waals surface area contributed by atoms with Crippen LogP contribution >= 0.6 is 92.8 Å². The summed E-state index contributed by atoms with van der Waals surface area (Å²) in [5, 5.41) is 47.3. The maximum atomic E-state index is 12.3. The average Bonchev–Trinajstić information content (AvgIpc) is 1.65. The highest BCUT2D eigenvalue weighted by Crippen LogP contribution is 2.34. The van der Waals surface area contributed by atoms with Gasteiger partial charge in [0.25, 0.3) is 5.91 Å². The lowest BCUT2D eigenvalue weighted by Gasteiger charge is -2.10. The molecule has 15 N–H and O–H groups in total. The molecule has 11 aromatic carbocycles. The van der Waals surface area contributed by atoms with Gasteiger partial charge < -0.3 is 79.8 Å². The molecule has 0 bridgehead atoms. The van der Waals surface area contributed by atoms with E-state index in [2.05, 4.69) is 119 Å². The molecule has 138 heavy (non-hydrogen) atoms. The van der Waals surface area contributed by atoms with Crippen LogP contribution in [0, 0.1) is 13.8 Å². The van der Waals surface area contributed by atoms with Crippen LogP contribution in [0.25, 0.3) is 27.9 Å². The van der Waals surface area contributed by atoms with Crippen molar-refractivity contribution >= 4 is 243 Å². The van der Waals surface area contributed by atoms with Crippen molar-refractivity contribution in [2.75, 3.05) is 60.2 Å². The molecule has 0 radical (unpaired) electrons. The Morgan fingerprint density at radius 1 is 0.290 bits per heavy atom. The molecule has 0 saturated carbocycles. The Balaban J connectivity index is 0.000000155. The normalized spacial score (nSPS) is 14.3. The summed E-state index contributed by atoms with van der Waals surface area (Å²) in [4.78, 5) is 95.7. The summed E-state index contributed by atoms with van der Waals surface area (Å²) in [6.07, 6.45) is 13.0. The first-order valence-electron chi connectivity index (χ1n) is 43.6. The highest BCUT2D eigenvalue weighted by molar-refractivity contribution is 6.43. The van der Waals surface area contributed by atoms with Crippen molar-refractivity contribution in [2.24, 2.45) is 25.0 Å². The number of urea groups is 5. The highest BCUT2D eigenvalue weighted by atomic mass is 35.5. The van der Waals surface area contributed by atoms with Gasteiger partial charge >= 0.3 is 30.2 Å². The lowest BCUT2D eigenvalue weighted by atomic mass is 10.0. The third-order valence-corrected chi connectivity index (χ3v) is 23.1. The monoisotopic (exact) mass is 2000 g/mol. The van der Waals surface area contributed by atoms with Crippen LogP contribution in [0.1, 0.15) is 123 Å². The Hall–Kier alpha value is -14.2. The number of hydrogen-bond acceptors (Lipinski definition) is 11. The largest absolute Gasteiger partial charge is 0.350 e. The number of nitrogens with one attached hydrogen (secondary N) is 15. The fourth-order valence-electron chi connectivity index (χ4n) is 14.0. The molecular weight excluding hydrogens is 1910 g/mol. The van der Waals surface area contributed by atoms with Gasteiger partial charge in [-0.3, -0.25) is 24.8 Å². The number of benzene rings is 11. The third kappa shape index (κ3) is 32.2. The predicted molar refractivity (Wildman–Crippen MR) is 575 cm³/mol. The number of amides is 11. The van der Waals surface area contributed by atoms with Crippen molar-refractivity contribution in [2.45, 2.75) is 106 Å². The molecule has 5 aliphatic heterocycles. The number of carbonyl (C=O) groups is 6. The van der Waals surface area contributed by atoms with Crippen molar-refractivity contribution in [1.29, 1.82) is 0 Å². The molecule has 708 valence electrons. The van der Waals surface area contributed by atoms with Crippen LogP contribution in [-0.2, 0) is 0 Å². The first-order valence-corrected chi connectivity index (χ1v) is 46.7. The van der Waals surface area contributed by atoms with E-state index >= 15 is 0 Å². The van der Waals surface area contributed by atoms with Gasteiger partial charge in [-0.1, -0.05) is 178 Å². The fourth-order valence-corrected chi connectivity index (χ4v) is 15.4. The number of aryl methyl sites for hydroxylation is 2. The molecule has 0 aliphatic carbocycles. The molecule has 26 nitrogen and oxygen atoms in total. The van der Waals surface area contributed by atoms with Crippen molar-refractivity contribution in [3.63, 3.8) is 0 Å². The molecule has 0 saturated heterocycles. The molecule has 0 atom stereocenters. The second-order valence-corrected chi connectivity index (χ2v) is 35.8. The van der Waals surface area contributed by atoms with Gasteiger partial charge in [-0.05, 0) is 280 Å². The Morgan fingerprint density at radius 2 is 0.601 bits per heavy atom. The van der Waals surface area contributed by atoms with Gasteiger partial charge in [-0.2, -0.15) is 0 Å². The van der Waals surface area contributed by atoms with Crippen molar-refractivity contribution in [3.8, 4) is 0 Å². The number of anilines is 10. The molecule has 0 fully saturated rings. The van der Waals surface area contributed by atoms with E-state index in [1.807, 2.05) is 218 Å². The van der Waals surface area contributed by atoms with Gasteiger partial charge in [0, 0.05) is 171 Å². The van der Waals surface area contributed by atoms with Crippen LogP contribution in [0.2, 0.25) is 40.2 Å². The smallest absolute Gasteiger partial charge is 0.323 e. The van der Waals surface area contributed by atoms with Crippen molar-refractivity contribution in [3.05, 3.63) is 358 Å². The summed E-state index contributed by atoms with van der Waals surface area (Å²) in [6, 6.07) is 71.6. The molecular formula is C104H100Cl8N20O6. The lowest BCUT2D eigenvalue weighted by molar-refractivity contribution is 0.0976. The molecule has 34 heteroatoms. The number of carbonyl (C=O) groups excluding carboxylic acids is 6. The molecule has 5 aliphatic rings. The molecule has 0 aromatic heterocycles. The number of halogens is 8. The van der Waals surface area contributed by atoms with E-state index in [0.717, 1.165) is 127 Å². The standard InChI is InChI=1S/C24H18Cl2N4O2.C21H23ClN4O.2C20H20Cl2N4O.C19H19ClN4O/c25-20-10-9-19(13-21(20)26)29-24(32)28-18-8-4-7-16(11-18)17-12-22(27-14-17)30-23(31)15-5-2-1-3-6-15;1-13(2)24-20-10-16(12-23-20)15-5-4-6-17(9-15)25-21(27)26-18-8-7-14(3)19(22)11-18;1-12(2)24-19-7-14(11-23-19)13-4-3-5-17(6-13)25-20(27)26-18-9-15(21)8-16(22)10-18;1-12(2)24-19-9-14(11-23-19)13-4-3-5-15(8-13)25-20(27)26-16-6-7-17(21)18(22)10-16;1-12-8-16(6-7-17(12)20)24-19(25)23-15-5-3-4-13(9-15)14-10-18(21-2)22-11-14/h1-11,13-14H,12H2,(H,27,30,31)(H2,28,29,32);4-9,11-13H,10H2,1-3H3,(H,23,24)(H2,25,26,27);3-6,8-12H,7H2,1-2H3,(H,23,24)(H2,25,26,27);3-8,10-12H,9H2,1-2H3,(H,23,24)(H2,25,26,27);3-9,11H,10H2,1-2H3,(H,21,22)(H2,23,24,25). The van der Waals surface area contributed by atoms with E-state index in [9.17, 15) is 28.8 Å². The van der Waals surface area contributed by atoms with Gasteiger partial charge in [0.15, 0.2) is 0 Å². The van der Waals surface area contributed by atoms with Gasteiger partial charge in [-0.15, -0.1) is 0 Å². The van der Waals surface area contributed by atoms with Gasteiger partial charge in [0.2, 0.25) is 0 Å². The van der Waals surface area contributed by atoms with Crippen LogP contribution < -0.4 is 79.8 Å². The number of nitrogens with zero attached hydrogens (tertiary/aromatic N) is 5. The summed E-state index contributed by atoms with van der Waals surface area (Å²) >= 11 is 47.7. The Labute approximate surface area is 841 Å². The van der Waals surface area contributed by atoms with Crippen LogP contribution in [0.4, 0.5) is 80.8 Å². The molecule has 16 rings (SSSR count). The lowest BCUT2D eigenvalue weighted by Crippen LogP contribution is -2.29. The van der Waals surface area contributed by atoms with Crippen LogP contribution in [0.15, 0.2) is 299 Å². The van der Waals surface area contributed by atoms with E-state index in [1.54, 1.807) is 104 Å². The number of aliphatic imine (C=N–C) groups is 5. The molecule has 11 aromatic rings. The first-order chi connectivity index (χ1) is 66.2. The van der Waals surface area contributed by atoms with E-state index < -0.39 is 6.03 Å². The zero-order valence-corrected chi connectivity index (χ0v) is 82.5. The number of hydrogen-bond donors (Lipinski definition) is 15. The van der Waals surface area contributed by atoms with Crippen LogP contribution in [0.3, 0.4) is 0 Å². The highest BCUT2D eigenvalue weighted by Gasteiger charge is 2.22. The second kappa shape index (κ2) is 50.0. The van der Waals surface area contributed by atoms with Crippen LogP contribution in [0.5, 0.6) is 0 Å². The minimum absolute atomic E-state index is 0.201. The summed E-state index contributed by atoms with van der Waals surface area (Å²) in [5.74, 6) is 4.18. The quantitative estimate of drug-likeness (QED) is 0.0363. The summed E-state index contributed by atoms with van der Waals surface area (Å²) in [6.45, 7) is 16.1. The number of rotatable bonds is 19. The van der Waals surface area contributed by atoms with Gasteiger partial charge in [-0.25, -0.2) is 29.0 Å². The van der Waals surface area contributed by atoms with Crippen molar-refractivity contribution in [1.82, 2.24) is 26.6 Å². The molecule has 0 spiro atoms. The van der Waals surface area contributed by atoms with Crippen molar-refractivity contribution < 1.29 is 28.8 Å². The average molecular weight is 2010 g/mol. The number of amidine groups is 5. The molecule has 5 heterocycles. The van der Waals surface area contributed by atoms with E-state index in [-0.39, 0.29) is 48.2 Å². The Morgan fingerprint density at radius 3 is 0.935 bits per heavy atom. The Kier molecular flexibility index (Phi) is 37.3. The SMILES string of the molecule is CC(C)N=C1CC(c2cccc(NC(=O)Nc3cc(Cl)cc(Cl)c3)c2)=CN1.CC(C)N=C1CC(c2cccc(NC(=O)Nc3ccc(Cl)c(Cl)c3)c2)=CN1.CN=C1CC(c2cccc(NC(=O)Nc3ccc(Cl)c(C)c3)c2)=CN1.Cc1ccc(NC(=O)Nc2cccc(C3=CNC(=NC(C)C)C3)c2)cc1Cl.O=C(Nc1cccc(C2=CN=C(NC(=O)c3ccccc3)C2)c1)Nc1ccc(Cl)c(Cl)c1.